The molecule has 214 valence electrons. The first-order chi connectivity index (χ1) is 20.0. The van der Waals surface area contributed by atoms with Crippen LogP contribution in [0.5, 0.6) is 6.01 Å². The highest BCUT2D eigenvalue weighted by Crippen LogP contribution is 2.47. The molecule has 1 saturated carbocycles. The van der Waals surface area contributed by atoms with Crippen molar-refractivity contribution in [1.82, 2.24) is 14.9 Å². The van der Waals surface area contributed by atoms with Gasteiger partial charge >= 0.3 is 6.01 Å². The third kappa shape index (κ3) is 4.87. The van der Waals surface area contributed by atoms with Crippen LogP contribution < -0.4 is 14.5 Å². The average Bonchev–Trinajstić information content (AvgIpc) is 3.40. The molecule has 7 rings (SSSR count). The number of ether oxygens (including phenoxy) is 1. The van der Waals surface area contributed by atoms with Crippen LogP contribution in [0.2, 0.25) is 5.02 Å². The summed E-state index contributed by atoms with van der Waals surface area (Å²) in [5.41, 5.74) is 3.37. The number of allylic oxidation sites excluding steroid dienone is 1. The van der Waals surface area contributed by atoms with Crippen molar-refractivity contribution in [2.45, 2.75) is 44.7 Å². The van der Waals surface area contributed by atoms with Crippen LogP contribution in [0, 0.1) is 17.8 Å². The Morgan fingerprint density at radius 3 is 2.78 bits per heavy atom. The van der Waals surface area contributed by atoms with Crippen LogP contribution in [0.4, 0.5) is 11.5 Å². The van der Waals surface area contributed by atoms with E-state index in [1.54, 1.807) is 0 Å². The van der Waals surface area contributed by atoms with Gasteiger partial charge in [-0.2, -0.15) is 9.97 Å². The van der Waals surface area contributed by atoms with Crippen molar-refractivity contribution in [3.05, 3.63) is 65.3 Å². The molecule has 0 amide bonds. The van der Waals surface area contributed by atoms with E-state index in [9.17, 15) is 4.79 Å². The summed E-state index contributed by atoms with van der Waals surface area (Å²) in [6.07, 6.45) is 6.77. The molecule has 2 aromatic carbocycles. The minimum Gasteiger partial charge on any atom is -0.462 e. The van der Waals surface area contributed by atoms with E-state index in [4.69, 9.17) is 26.3 Å². The molecule has 4 heterocycles. The summed E-state index contributed by atoms with van der Waals surface area (Å²) in [5.74, 6) is 2.27. The Morgan fingerprint density at radius 1 is 1.12 bits per heavy atom. The second-order valence-corrected chi connectivity index (χ2v) is 12.6. The quantitative estimate of drug-likeness (QED) is 0.345. The minimum atomic E-state index is 0.0955. The topological polar surface area (TPSA) is 61.8 Å². The summed E-state index contributed by atoms with van der Waals surface area (Å²) in [7, 11) is 2.16. The van der Waals surface area contributed by atoms with Gasteiger partial charge < -0.3 is 19.4 Å². The Balaban J connectivity index is 1.21. The number of likely N-dealkylation sites (tertiary alicyclic amines) is 1. The molecule has 0 radical (unpaired) electrons. The number of anilines is 2. The van der Waals surface area contributed by atoms with Gasteiger partial charge in [0.15, 0.2) is 5.78 Å². The Bertz CT molecular complexity index is 1490. The number of hydrogen-bond donors (Lipinski definition) is 0. The molecular formula is C33H38ClN5O2. The van der Waals surface area contributed by atoms with Gasteiger partial charge in [0.2, 0.25) is 0 Å². The Kier molecular flexibility index (Phi) is 7.11. The summed E-state index contributed by atoms with van der Waals surface area (Å²) in [4.78, 5) is 29.7. The van der Waals surface area contributed by atoms with E-state index in [2.05, 4.69) is 52.6 Å². The fraction of sp³-hybridized carbons (Fsp3) is 0.485. The Morgan fingerprint density at radius 2 is 1.98 bits per heavy atom. The summed E-state index contributed by atoms with van der Waals surface area (Å²) in [6, 6.07) is 13.3. The molecule has 3 fully saturated rings. The smallest absolute Gasteiger partial charge is 0.318 e. The van der Waals surface area contributed by atoms with Crippen molar-refractivity contribution in [3.63, 3.8) is 0 Å². The van der Waals surface area contributed by atoms with Crippen molar-refractivity contribution in [1.29, 1.82) is 0 Å². The zero-order valence-corrected chi connectivity index (χ0v) is 24.5. The van der Waals surface area contributed by atoms with E-state index in [1.165, 1.54) is 18.1 Å². The van der Waals surface area contributed by atoms with Crippen LogP contribution in [-0.4, -0.2) is 66.5 Å². The number of rotatable bonds is 7. The van der Waals surface area contributed by atoms with Gasteiger partial charge in [-0.1, -0.05) is 42.4 Å². The number of carbonyl (C=O) groups is 1. The number of benzene rings is 2. The maximum atomic E-state index is 12.5. The first-order valence-electron chi connectivity index (χ1n) is 15.1. The first-order valence-corrected chi connectivity index (χ1v) is 15.4. The molecule has 1 unspecified atom stereocenters. The normalized spacial score (nSPS) is 25.9. The highest BCUT2D eigenvalue weighted by atomic mass is 35.5. The first kappa shape index (κ1) is 26.7. The lowest BCUT2D eigenvalue weighted by Crippen LogP contribution is -2.53. The molecule has 0 N–H and O–H groups in total. The highest BCUT2D eigenvalue weighted by molar-refractivity contribution is 6.36. The Hall–Kier alpha value is -3.16. The lowest BCUT2D eigenvalue weighted by Gasteiger charge is -2.50. The van der Waals surface area contributed by atoms with Crippen molar-refractivity contribution >= 4 is 39.7 Å². The second kappa shape index (κ2) is 10.9. The Labute approximate surface area is 247 Å². The fourth-order valence-electron chi connectivity index (χ4n) is 7.58. The standard InChI is InChI=1S/C33H38ClN5O2/c1-3-30(40)25-17-22-12-15-39(18-26(22)25)32-24-13-16-38(29-11-5-8-21-7-4-10-27(34)31(21)29)19-28(24)35-33(36-32)41-20-23-9-6-14-37(23)2/h3-5,7-8,10-11,22-23,25-26H,1,6,9,12-20H2,2H3/t22-,23-,25?,26-/m0/s1. The summed E-state index contributed by atoms with van der Waals surface area (Å²) in [6.45, 7) is 8.78. The fourth-order valence-corrected chi connectivity index (χ4v) is 7.85. The number of likely N-dealkylation sites (N-methyl/N-ethyl adjacent to an activating group) is 1. The van der Waals surface area contributed by atoms with E-state index in [0.29, 0.717) is 37.0 Å². The number of nitrogens with zero attached hydrogens (tertiary/aromatic N) is 5. The van der Waals surface area contributed by atoms with Crippen molar-refractivity contribution in [2.75, 3.05) is 49.6 Å². The monoisotopic (exact) mass is 571 g/mol. The third-order valence-electron chi connectivity index (χ3n) is 10.0. The lowest BCUT2D eigenvalue weighted by atomic mass is 9.60. The number of piperidine rings is 1. The van der Waals surface area contributed by atoms with Gasteiger partial charge in [0, 0.05) is 48.2 Å². The molecule has 3 aliphatic heterocycles. The number of hydrogen-bond acceptors (Lipinski definition) is 7. The average molecular weight is 572 g/mol. The predicted octanol–water partition coefficient (Wildman–Crippen LogP) is 5.54. The largest absolute Gasteiger partial charge is 0.462 e. The molecule has 4 atom stereocenters. The molecule has 1 aliphatic carbocycles. The van der Waals surface area contributed by atoms with Crippen LogP contribution in [0.25, 0.3) is 10.8 Å². The molecule has 41 heavy (non-hydrogen) atoms. The molecule has 8 heteroatoms. The molecule has 7 nitrogen and oxygen atoms in total. The zero-order valence-electron chi connectivity index (χ0n) is 23.8. The van der Waals surface area contributed by atoms with Gasteiger partial charge in [-0.3, -0.25) is 4.79 Å². The second-order valence-electron chi connectivity index (χ2n) is 12.2. The van der Waals surface area contributed by atoms with E-state index >= 15 is 0 Å². The number of ketones is 1. The number of carbonyl (C=O) groups excluding carboxylic acids is 1. The highest BCUT2D eigenvalue weighted by Gasteiger charge is 2.47. The van der Waals surface area contributed by atoms with Crippen LogP contribution in [0.1, 0.15) is 36.9 Å². The number of halogens is 1. The molecule has 3 aromatic rings. The van der Waals surface area contributed by atoms with Crippen LogP contribution in [-0.2, 0) is 17.8 Å². The van der Waals surface area contributed by atoms with Crippen molar-refractivity contribution < 1.29 is 9.53 Å². The maximum absolute atomic E-state index is 12.5. The molecule has 4 aliphatic rings. The van der Waals surface area contributed by atoms with Gasteiger partial charge in [-0.05, 0) is 81.1 Å². The molecule has 1 aromatic heterocycles. The SMILES string of the molecule is C=CC(=O)C1C[C@@H]2CCN(c3nc(OC[C@@H]4CCCN4C)nc4c3CCN(c3cccc5cccc(Cl)c35)C4)C[C@H]12. The summed E-state index contributed by atoms with van der Waals surface area (Å²) in [5, 5.41) is 2.99. The van der Waals surface area contributed by atoms with Gasteiger partial charge in [0.05, 0.1) is 17.3 Å². The zero-order chi connectivity index (χ0) is 28.1. The van der Waals surface area contributed by atoms with E-state index in [1.807, 2.05) is 12.1 Å². The van der Waals surface area contributed by atoms with Crippen LogP contribution in [0.3, 0.4) is 0 Å². The predicted molar refractivity (Wildman–Crippen MR) is 164 cm³/mol. The molecular weight excluding hydrogens is 534 g/mol. The summed E-state index contributed by atoms with van der Waals surface area (Å²) < 4.78 is 6.33. The molecule has 2 saturated heterocycles. The van der Waals surface area contributed by atoms with Crippen molar-refractivity contribution in [2.24, 2.45) is 17.8 Å². The van der Waals surface area contributed by atoms with Crippen LogP contribution in [0.15, 0.2) is 49.1 Å². The van der Waals surface area contributed by atoms with Gasteiger partial charge in [0.1, 0.15) is 12.4 Å². The van der Waals surface area contributed by atoms with Gasteiger partial charge in [-0.15, -0.1) is 0 Å². The van der Waals surface area contributed by atoms with Crippen LogP contribution >= 0.6 is 11.6 Å². The van der Waals surface area contributed by atoms with E-state index < -0.39 is 0 Å². The number of aromatic nitrogens is 2. The maximum Gasteiger partial charge on any atom is 0.318 e. The van der Waals surface area contributed by atoms with Gasteiger partial charge in [-0.25, -0.2) is 0 Å². The van der Waals surface area contributed by atoms with Crippen molar-refractivity contribution in [3.8, 4) is 6.01 Å². The van der Waals surface area contributed by atoms with E-state index in [-0.39, 0.29) is 11.7 Å². The summed E-state index contributed by atoms with van der Waals surface area (Å²) >= 11 is 6.71. The van der Waals surface area contributed by atoms with Gasteiger partial charge in [0.25, 0.3) is 0 Å². The molecule has 0 spiro atoms. The molecule has 0 bridgehead atoms. The number of fused-ring (bicyclic) bond motifs is 3. The van der Waals surface area contributed by atoms with E-state index in [0.717, 1.165) is 84.9 Å². The lowest BCUT2D eigenvalue weighted by molar-refractivity contribution is -0.126. The third-order valence-corrected chi connectivity index (χ3v) is 10.3. The minimum absolute atomic E-state index is 0.0955.